The van der Waals surface area contributed by atoms with Crippen molar-refractivity contribution in [2.45, 2.75) is 58.0 Å². The Hall–Kier alpha value is -0.530. The van der Waals surface area contributed by atoms with E-state index in [1.54, 1.807) is 0 Å². The molecule has 1 aromatic rings. The first-order chi connectivity index (χ1) is 8.65. The van der Waals surface area contributed by atoms with Crippen molar-refractivity contribution in [2.24, 2.45) is 0 Å². The Kier molecular flexibility index (Phi) is 4.69. The highest BCUT2D eigenvalue weighted by Gasteiger charge is 2.30. The van der Waals surface area contributed by atoms with E-state index in [9.17, 15) is 0 Å². The van der Waals surface area contributed by atoms with Crippen LogP contribution in [0.25, 0.3) is 0 Å². The molecule has 2 heteroatoms. The molecule has 1 nitrogen and oxygen atoms in total. The number of benzene rings is 1. The molecular weight excluding hydrogens is 242 g/mol. The largest absolute Gasteiger partial charge is 0.306 e. The Morgan fingerprint density at radius 2 is 1.89 bits per heavy atom. The van der Waals surface area contributed by atoms with Crippen LogP contribution in [0.2, 0.25) is 0 Å². The highest BCUT2D eigenvalue weighted by atomic mass is 35.5. The van der Waals surface area contributed by atoms with Crippen molar-refractivity contribution in [2.75, 3.05) is 5.88 Å². The number of nitrogens with one attached hydrogen (secondary N) is 1. The maximum Gasteiger partial charge on any atom is 0.0406 e. The molecule has 1 N–H and O–H groups in total. The van der Waals surface area contributed by atoms with Crippen molar-refractivity contribution < 1.29 is 0 Å². The number of rotatable bonds is 4. The third kappa shape index (κ3) is 3.27. The quantitative estimate of drug-likeness (QED) is 0.799. The molecule has 1 saturated carbocycles. The van der Waals surface area contributed by atoms with Gasteiger partial charge in [-0.25, -0.2) is 0 Å². The van der Waals surface area contributed by atoms with E-state index >= 15 is 0 Å². The van der Waals surface area contributed by atoms with Crippen LogP contribution in [-0.2, 0) is 6.54 Å². The summed E-state index contributed by atoms with van der Waals surface area (Å²) in [7, 11) is 0. The van der Waals surface area contributed by atoms with E-state index in [2.05, 4.69) is 37.4 Å². The SMILES string of the molecule is Cc1ccc(C)c(CNC2(CCl)CCCCC2)c1. The van der Waals surface area contributed by atoms with E-state index < -0.39 is 0 Å². The number of alkyl halides is 1. The van der Waals surface area contributed by atoms with Crippen molar-refractivity contribution in [1.29, 1.82) is 0 Å². The Morgan fingerprint density at radius 1 is 1.17 bits per heavy atom. The standard InChI is InChI=1S/C16H24ClN/c1-13-6-7-14(2)15(10-13)11-18-16(12-17)8-4-3-5-9-16/h6-7,10,18H,3-5,8-9,11-12H2,1-2H3. The van der Waals surface area contributed by atoms with Gasteiger partial charge in [0.25, 0.3) is 0 Å². The Morgan fingerprint density at radius 3 is 2.56 bits per heavy atom. The second kappa shape index (κ2) is 6.08. The highest BCUT2D eigenvalue weighted by Crippen LogP contribution is 2.29. The predicted molar refractivity (Wildman–Crippen MR) is 79.3 cm³/mol. The number of hydrogen-bond donors (Lipinski definition) is 1. The van der Waals surface area contributed by atoms with Crippen molar-refractivity contribution in [1.82, 2.24) is 5.32 Å². The number of hydrogen-bond acceptors (Lipinski definition) is 1. The zero-order chi connectivity index (χ0) is 13.0. The minimum absolute atomic E-state index is 0.177. The molecule has 0 heterocycles. The maximum absolute atomic E-state index is 6.21. The lowest BCUT2D eigenvalue weighted by atomic mass is 9.83. The van der Waals surface area contributed by atoms with Gasteiger partial charge in [0.2, 0.25) is 0 Å². The van der Waals surface area contributed by atoms with E-state index in [1.807, 2.05) is 0 Å². The first-order valence-electron chi connectivity index (χ1n) is 7.02. The summed E-state index contributed by atoms with van der Waals surface area (Å²) in [5, 5.41) is 3.74. The minimum Gasteiger partial charge on any atom is -0.306 e. The monoisotopic (exact) mass is 265 g/mol. The molecule has 0 bridgehead atoms. The fourth-order valence-electron chi connectivity index (χ4n) is 2.86. The molecule has 1 aromatic carbocycles. The Labute approximate surface area is 116 Å². The van der Waals surface area contributed by atoms with Crippen LogP contribution in [0.4, 0.5) is 0 Å². The normalized spacial score (nSPS) is 18.8. The topological polar surface area (TPSA) is 12.0 Å². The Bertz CT molecular complexity index is 394. The summed E-state index contributed by atoms with van der Waals surface area (Å²) in [5.74, 6) is 0.734. The zero-order valence-electron chi connectivity index (χ0n) is 11.6. The first kappa shape index (κ1) is 13.9. The second-order valence-electron chi connectivity index (χ2n) is 5.76. The summed E-state index contributed by atoms with van der Waals surface area (Å²) >= 11 is 6.21. The Balaban J connectivity index is 2.03. The molecule has 0 radical (unpaired) electrons. The van der Waals surface area contributed by atoms with Crippen molar-refractivity contribution in [3.8, 4) is 0 Å². The fraction of sp³-hybridized carbons (Fsp3) is 0.625. The third-order valence-corrected chi connectivity index (χ3v) is 4.74. The molecule has 0 spiro atoms. The van der Waals surface area contributed by atoms with E-state index in [1.165, 1.54) is 48.8 Å². The lowest BCUT2D eigenvalue weighted by Crippen LogP contribution is -2.48. The number of aryl methyl sites for hydroxylation is 2. The summed E-state index contributed by atoms with van der Waals surface area (Å²) < 4.78 is 0. The van der Waals surface area contributed by atoms with Crippen LogP contribution < -0.4 is 5.32 Å². The zero-order valence-corrected chi connectivity index (χ0v) is 12.3. The molecule has 0 aromatic heterocycles. The summed E-state index contributed by atoms with van der Waals surface area (Å²) in [6, 6.07) is 6.67. The minimum atomic E-state index is 0.177. The van der Waals surface area contributed by atoms with Gasteiger partial charge >= 0.3 is 0 Å². The molecule has 0 atom stereocenters. The van der Waals surface area contributed by atoms with Gasteiger partial charge < -0.3 is 5.32 Å². The molecule has 0 amide bonds. The fourth-order valence-corrected chi connectivity index (χ4v) is 3.22. The van der Waals surface area contributed by atoms with Crippen LogP contribution in [0, 0.1) is 13.8 Å². The molecule has 0 unspecified atom stereocenters. The van der Waals surface area contributed by atoms with E-state index in [0.29, 0.717) is 0 Å². The number of halogens is 1. The van der Waals surface area contributed by atoms with Gasteiger partial charge in [0.15, 0.2) is 0 Å². The molecule has 18 heavy (non-hydrogen) atoms. The van der Waals surface area contributed by atoms with Crippen LogP contribution in [0.15, 0.2) is 18.2 Å². The third-order valence-electron chi connectivity index (χ3n) is 4.22. The van der Waals surface area contributed by atoms with Gasteiger partial charge in [-0.3, -0.25) is 0 Å². The van der Waals surface area contributed by atoms with Gasteiger partial charge in [-0.15, -0.1) is 11.6 Å². The molecular formula is C16H24ClN. The van der Waals surface area contributed by atoms with Gasteiger partial charge in [0, 0.05) is 18.0 Å². The first-order valence-corrected chi connectivity index (χ1v) is 7.56. The van der Waals surface area contributed by atoms with E-state index in [0.717, 1.165) is 12.4 Å². The van der Waals surface area contributed by atoms with Crippen LogP contribution in [0.1, 0.15) is 48.8 Å². The molecule has 1 fully saturated rings. The molecule has 0 aliphatic heterocycles. The highest BCUT2D eigenvalue weighted by molar-refractivity contribution is 6.18. The summed E-state index contributed by atoms with van der Waals surface area (Å²) in [4.78, 5) is 0. The summed E-state index contributed by atoms with van der Waals surface area (Å²) in [6.45, 7) is 5.28. The van der Waals surface area contributed by atoms with Gasteiger partial charge in [-0.2, -0.15) is 0 Å². The lowest BCUT2D eigenvalue weighted by Gasteiger charge is -2.37. The van der Waals surface area contributed by atoms with Crippen molar-refractivity contribution in [3.63, 3.8) is 0 Å². The summed E-state index contributed by atoms with van der Waals surface area (Å²) in [6.07, 6.45) is 6.44. The maximum atomic E-state index is 6.21. The molecule has 1 aliphatic carbocycles. The second-order valence-corrected chi connectivity index (χ2v) is 6.03. The van der Waals surface area contributed by atoms with E-state index in [-0.39, 0.29) is 5.54 Å². The van der Waals surface area contributed by atoms with Gasteiger partial charge in [-0.1, -0.05) is 43.0 Å². The average Bonchev–Trinajstić information content (AvgIpc) is 2.41. The smallest absolute Gasteiger partial charge is 0.0406 e. The van der Waals surface area contributed by atoms with Crippen molar-refractivity contribution in [3.05, 3.63) is 34.9 Å². The molecule has 0 saturated heterocycles. The van der Waals surface area contributed by atoms with Gasteiger partial charge in [0.05, 0.1) is 0 Å². The predicted octanol–water partition coefficient (Wildman–Crippen LogP) is 4.33. The molecule has 2 rings (SSSR count). The van der Waals surface area contributed by atoms with E-state index in [4.69, 9.17) is 11.6 Å². The lowest BCUT2D eigenvalue weighted by molar-refractivity contribution is 0.256. The molecule has 100 valence electrons. The van der Waals surface area contributed by atoms with Gasteiger partial charge in [0.1, 0.15) is 0 Å². The van der Waals surface area contributed by atoms with Gasteiger partial charge in [-0.05, 0) is 37.8 Å². The summed E-state index contributed by atoms with van der Waals surface area (Å²) in [5.41, 5.74) is 4.29. The molecule has 1 aliphatic rings. The van der Waals surface area contributed by atoms with Crippen molar-refractivity contribution >= 4 is 11.6 Å². The van der Waals surface area contributed by atoms with Crippen LogP contribution in [-0.4, -0.2) is 11.4 Å². The average molecular weight is 266 g/mol. The van der Waals surface area contributed by atoms with Crippen LogP contribution in [0.3, 0.4) is 0 Å². The van der Waals surface area contributed by atoms with Crippen LogP contribution >= 0.6 is 11.6 Å². The van der Waals surface area contributed by atoms with Crippen LogP contribution in [0.5, 0.6) is 0 Å².